The number of morpholine rings is 2. The number of rotatable bonds is 9. The van der Waals surface area contributed by atoms with Crippen molar-refractivity contribution in [2.45, 2.75) is 28.8 Å². The fourth-order valence-electron chi connectivity index (χ4n) is 4.57. The zero-order valence-corrected chi connectivity index (χ0v) is 22.8. The minimum Gasteiger partial charge on any atom is -0.379 e. The Bertz CT molecular complexity index is 1340. The molecule has 0 saturated carbocycles. The van der Waals surface area contributed by atoms with Gasteiger partial charge in [0.25, 0.3) is 0 Å². The van der Waals surface area contributed by atoms with E-state index in [9.17, 15) is 12.8 Å². The lowest BCUT2D eigenvalue weighted by molar-refractivity contribution is 0.0369. The molecule has 0 N–H and O–H groups in total. The van der Waals surface area contributed by atoms with Crippen LogP contribution >= 0.6 is 23.4 Å². The molecule has 0 unspecified atom stereocenters. The maximum Gasteiger partial charge on any atom is 0.243 e. The number of halogens is 2. The Labute approximate surface area is 225 Å². The minimum atomic E-state index is -3.63. The Hall–Kier alpha value is -1.73. The Balaban J connectivity index is 1.41. The molecule has 200 valence electrons. The second kappa shape index (κ2) is 12.0. The fraction of sp³-hybridized carbons (Fsp3) is 0.480. The Morgan fingerprint density at radius 2 is 1.70 bits per heavy atom. The highest BCUT2D eigenvalue weighted by Gasteiger charge is 2.27. The van der Waals surface area contributed by atoms with Crippen LogP contribution in [0, 0.1) is 5.82 Å². The Kier molecular flexibility index (Phi) is 8.70. The van der Waals surface area contributed by atoms with E-state index in [-0.39, 0.29) is 10.7 Å². The predicted molar refractivity (Wildman–Crippen MR) is 142 cm³/mol. The lowest BCUT2D eigenvalue weighted by atomic mass is 10.2. The lowest BCUT2D eigenvalue weighted by Crippen LogP contribution is -2.40. The molecule has 3 heterocycles. The number of aromatic nitrogens is 2. The average Bonchev–Trinajstić information content (AvgIpc) is 3.26. The fourth-order valence-corrected chi connectivity index (χ4v) is 7.35. The van der Waals surface area contributed by atoms with E-state index in [4.69, 9.17) is 26.1 Å². The summed E-state index contributed by atoms with van der Waals surface area (Å²) in [7, 11) is -3.63. The summed E-state index contributed by atoms with van der Waals surface area (Å²) in [5.41, 5.74) is 2.33. The van der Waals surface area contributed by atoms with E-state index in [2.05, 4.69) is 9.47 Å². The number of aryl methyl sites for hydroxylation is 1. The van der Waals surface area contributed by atoms with Gasteiger partial charge in [-0.25, -0.2) is 17.8 Å². The van der Waals surface area contributed by atoms with Gasteiger partial charge in [0.2, 0.25) is 10.0 Å². The molecule has 5 rings (SSSR count). The molecule has 0 bridgehead atoms. The third-order valence-corrected chi connectivity index (χ3v) is 9.90. The summed E-state index contributed by atoms with van der Waals surface area (Å²) in [6, 6.07) is 9.57. The number of imidazole rings is 1. The van der Waals surface area contributed by atoms with Gasteiger partial charge in [-0.15, -0.1) is 0 Å². The lowest BCUT2D eigenvalue weighted by Gasteiger charge is -2.26. The first-order valence-electron chi connectivity index (χ1n) is 12.4. The maximum atomic E-state index is 13.5. The monoisotopic (exact) mass is 568 g/mol. The summed E-state index contributed by atoms with van der Waals surface area (Å²) in [6.07, 6.45) is 0.921. The van der Waals surface area contributed by atoms with Gasteiger partial charge in [-0.3, -0.25) is 4.90 Å². The zero-order valence-electron chi connectivity index (χ0n) is 20.4. The topological polar surface area (TPSA) is 76.9 Å². The molecule has 2 aliphatic heterocycles. The molecule has 2 fully saturated rings. The quantitative estimate of drug-likeness (QED) is 0.363. The largest absolute Gasteiger partial charge is 0.379 e. The highest BCUT2D eigenvalue weighted by Crippen LogP contribution is 2.31. The van der Waals surface area contributed by atoms with Crippen LogP contribution in [-0.4, -0.2) is 86.3 Å². The molecule has 0 atom stereocenters. The van der Waals surface area contributed by atoms with Crippen LogP contribution in [0.1, 0.15) is 12.0 Å². The number of sulfonamides is 1. The molecule has 0 spiro atoms. The van der Waals surface area contributed by atoms with Crippen molar-refractivity contribution in [2.24, 2.45) is 0 Å². The van der Waals surface area contributed by atoms with E-state index < -0.39 is 10.0 Å². The summed E-state index contributed by atoms with van der Waals surface area (Å²) in [4.78, 5) is 7.45. The molecule has 2 aliphatic rings. The van der Waals surface area contributed by atoms with Crippen LogP contribution in [0.25, 0.3) is 11.0 Å². The SMILES string of the molecule is O=S(=O)(c1ccc2c(c1)nc(SCc1ccc(F)cc1Cl)n2CCCN1CCOCC1)N1CCOCC1. The molecule has 3 aromatic rings. The number of nitrogens with zero attached hydrogens (tertiary/aromatic N) is 4. The molecule has 2 saturated heterocycles. The van der Waals surface area contributed by atoms with Crippen molar-refractivity contribution in [3.63, 3.8) is 0 Å². The summed E-state index contributed by atoms with van der Waals surface area (Å²) in [6.45, 7) is 6.53. The van der Waals surface area contributed by atoms with Gasteiger partial charge in [0.1, 0.15) is 5.82 Å². The van der Waals surface area contributed by atoms with Crippen molar-refractivity contribution in [1.29, 1.82) is 0 Å². The van der Waals surface area contributed by atoms with Crippen LogP contribution in [0.2, 0.25) is 5.02 Å². The molecule has 1 aromatic heterocycles. The van der Waals surface area contributed by atoms with Crippen molar-refractivity contribution in [2.75, 3.05) is 59.2 Å². The van der Waals surface area contributed by atoms with Crippen LogP contribution < -0.4 is 0 Å². The molecule has 12 heteroatoms. The second-order valence-electron chi connectivity index (χ2n) is 9.04. The van der Waals surface area contributed by atoms with Gasteiger partial charge in [0, 0.05) is 50.0 Å². The van der Waals surface area contributed by atoms with E-state index in [0.29, 0.717) is 42.6 Å². The van der Waals surface area contributed by atoms with Crippen molar-refractivity contribution in [3.05, 3.63) is 52.8 Å². The van der Waals surface area contributed by atoms with Crippen LogP contribution in [-0.2, 0) is 31.8 Å². The van der Waals surface area contributed by atoms with Gasteiger partial charge in [0.05, 0.1) is 42.4 Å². The first-order chi connectivity index (χ1) is 17.9. The zero-order chi connectivity index (χ0) is 25.8. The number of thioether (sulfide) groups is 1. The number of benzene rings is 2. The maximum absolute atomic E-state index is 13.5. The summed E-state index contributed by atoms with van der Waals surface area (Å²) >= 11 is 7.76. The normalized spacial score (nSPS) is 18.0. The van der Waals surface area contributed by atoms with Crippen molar-refractivity contribution in [1.82, 2.24) is 18.8 Å². The molecular weight excluding hydrogens is 539 g/mol. The standard InChI is InChI=1S/C25H30ClFN4O4S2/c26-22-16-20(27)3-2-19(22)18-36-25-28-23-17-21(37(32,33)30-10-14-35-15-11-30)4-5-24(23)31(25)7-1-6-29-8-12-34-13-9-29/h2-5,16-17H,1,6-15,18H2. The van der Waals surface area contributed by atoms with Gasteiger partial charge in [0.15, 0.2) is 5.16 Å². The smallest absolute Gasteiger partial charge is 0.243 e. The van der Waals surface area contributed by atoms with Gasteiger partial charge < -0.3 is 14.0 Å². The molecule has 37 heavy (non-hydrogen) atoms. The molecule has 8 nitrogen and oxygen atoms in total. The van der Waals surface area contributed by atoms with Gasteiger partial charge in [-0.05, 0) is 42.3 Å². The molecule has 0 amide bonds. The van der Waals surface area contributed by atoms with E-state index in [1.807, 2.05) is 6.07 Å². The number of fused-ring (bicyclic) bond motifs is 1. The highest BCUT2D eigenvalue weighted by molar-refractivity contribution is 7.98. The third kappa shape index (κ3) is 6.30. The van der Waals surface area contributed by atoms with Gasteiger partial charge in [-0.2, -0.15) is 4.31 Å². The average molecular weight is 569 g/mol. The van der Waals surface area contributed by atoms with E-state index in [1.165, 1.54) is 28.2 Å². The Morgan fingerprint density at radius 3 is 2.43 bits per heavy atom. The predicted octanol–water partition coefficient (Wildman–Crippen LogP) is 3.86. The second-order valence-corrected chi connectivity index (χ2v) is 12.3. The summed E-state index contributed by atoms with van der Waals surface area (Å²) in [5.74, 6) is 0.147. The minimum absolute atomic E-state index is 0.234. The highest BCUT2D eigenvalue weighted by atomic mass is 35.5. The van der Waals surface area contributed by atoms with Crippen LogP contribution in [0.15, 0.2) is 46.5 Å². The van der Waals surface area contributed by atoms with Crippen LogP contribution in [0.5, 0.6) is 0 Å². The van der Waals surface area contributed by atoms with Gasteiger partial charge in [-0.1, -0.05) is 29.4 Å². The first kappa shape index (κ1) is 26.9. The number of hydrogen-bond acceptors (Lipinski definition) is 7. The van der Waals surface area contributed by atoms with Gasteiger partial charge >= 0.3 is 0 Å². The first-order valence-corrected chi connectivity index (χ1v) is 15.2. The summed E-state index contributed by atoms with van der Waals surface area (Å²) < 4.78 is 54.3. The molecular formula is C25H30ClFN4O4S2. The van der Waals surface area contributed by atoms with E-state index >= 15 is 0 Å². The van der Waals surface area contributed by atoms with Crippen molar-refractivity contribution < 1.29 is 22.3 Å². The summed E-state index contributed by atoms with van der Waals surface area (Å²) in [5, 5.41) is 1.15. The molecule has 0 radical (unpaired) electrons. The van der Waals surface area contributed by atoms with Crippen LogP contribution in [0.3, 0.4) is 0 Å². The molecule has 2 aromatic carbocycles. The number of hydrogen-bond donors (Lipinski definition) is 0. The van der Waals surface area contributed by atoms with Crippen LogP contribution in [0.4, 0.5) is 4.39 Å². The number of ether oxygens (including phenoxy) is 2. The van der Waals surface area contributed by atoms with Crippen molar-refractivity contribution in [3.8, 4) is 0 Å². The Morgan fingerprint density at radius 1 is 0.973 bits per heavy atom. The third-order valence-electron chi connectivity index (χ3n) is 6.62. The van der Waals surface area contributed by atoms with E-state index in [0.717, 1.165) is 62.1 Å². The molecule has 0 aliphatic carbocycles. The van der Waals surface area contributed by atoms with E-state index in [1.54, 1.807) is 18.2 Å². The van der Waals surface area contributed by atoms with Crippen molar-refractivity contribution >= 4 is 44.4 Å².